The maximum Gasteiger partial charge on any atom is 0.319 e. The number of hydrogen-bond acceptors (Lipinski definition) is 3. The molecule has 2 heterocycles. The number of amides is 2. The zero-order chi connectivity index (χ0) is 16.1. The lowest BCUT2D eigenvalue weighted by Gasteiger charge is -2.10. The molecule has 3 aromatic rings. The number of carbonyl (C=O) groups excluding carboxylic acids is 1. The molecule has 5 nitrogen and oxygen atoms in total. The summed E-state index contributed by atoms with van der Waals surface area (Å²) >= 11 is 0. The van der Waals surface area contributed by atoms with Gasteiger partial charge in [-0.2, -0.15) is 0 Å². The number of aryl methyl sites for hydroxylation is 1. The number of urea groups is 1. The molecule has 0 radical (unpaired) electrons. The molecule has 5 heteroatoms. The number of benzene rings is 1. The van der Waals surface area contributed by atoms with Crippen molar-refractivity contribution in [1.29, 1.82) is 0 Å². The molecule has 116 valence electrons. The van der Waals surface area contributed by atoms with Crippen LogP contribution in [0.3, 0.4) is 0 Å². The molecule has 0 atom stereocenters. The lowest BCUT2D eigenvalue weighted by molar-refractivity contribution is 0.251. The third-order valence-electron chi connectivity index (χ3n) is 3.45. The minimum atomic E-state index is -0.247. The number of carbonyl (C=O) groups is 1. The van der Waals surface area contributed by atoms with Gasteiger partial charge in [-0.25, -0.2) is 4.79 Å². The minimum absolute atomic E-state index is 0.247. The SMILES string of the molecule is Cc1ccccc1NC(=O)NCc1cncc(-c2ccco2)c1. The van der Waals surface area contributed by atoms with Crippen LogP contribution in [0.1, 0.15) is 11.1 Å². The topological polar surface area (TPSA) is 67.2 Å². The third-order valence-corrected chi connectivity index (χ3v) is 3.45. The monoisotopic (exact) mass is 307 g/mol. The Balaban J connectivity index is 1.61. The van der Waals surface area contributed by atoms with Crippen LogP contribution in [0.25, 0.3) is 11.3 Å². The van der Waals surface area contributed by atoms with Crippen molar-refractivity contribution in [2.45, 2.75) is 13.5 Å². The Kier molecular flexibility index (Phi) is 4.38. The summed E-state index contributed by atoms with van der Waals surface area (Å²) < 4.78 is 5.35. The first kappa shape index (κ1) is 14.8. The summed E-state index contributed by atoms with van der Waals surface area (Å²) in [5, 5.41) is 5.66. The number of pyridine rings is 1. The van der Waals surface area contributed by atoms with Crippen LogP contribution in [0.5, 0.6) is 0 Å². The number of anilines is 1. The maximum atomic E-state index is 12.0. The molecule has 2 amide bonds. The van der Waals surface area contributed by atoms with Crippen LogP contribution in [0, 0.1) is 6.92 Å². The predicted octanol–water partition coefficient (Wildman–Crippen LogP) is 3.97. The van der Waals surface area contributed by atoms with Crippen LogP contribution >= 0.6 is 0 Å². The smallest absolute Gasteiger partial charge is 0.319 e. The van der Waals surface area contributed by atoms with E-state index >= 15 is 0 Å². The second kappa shape index (κ2) is 6.79. The van der Waals surface area contributed by atoms with Gasteiger partial charge >= 0.3 is 6.03 Å². The molecule has 0 aliphatic carbocycles. The fourth-order valence-electron chi connectivity index (χ4n) is 2.22. The normalized spacial score (nSPS) is 10.3. The number of furan rings is 1. The van der Waals surface area contributed by atoms with Crippen molar-refractivity contribution < 1.29 is 9.21 Å². The van der Waals surface area contributed by atoms with Crippen molar-refractivity contribution in [3.05, 3.63) is 72.2 Å². The standard InChI is InChI=1S/C18H17N3O2/c1-13-5-2-3-6-16(13)21-18(22)20-11-14-9-15(12-19-10-14)17-7-4-8-23-17/h2-10,12H,11H2,1H3,(H2,20,21,22). The van der Waals surface area contributed by atoms with E-state index < -0.39 is 0 Å². The molecule has 0 fully saturated rings. The molecular weight excluding hydrogens is 290 g/mol. The Morgan fingerprint density at radius 1 is 1.17 bits per heavy atom. The lowest BCUT2D eigenvalue weighted by Crippen LogP contribution is -2.28. The summed E-state index contributed by atoms with van der Waals surface area (Å²) in [4.78, 5) is 16.2. The first-order valence-corrected chi connectivity index (χ1v) is 7.30. The van der Waals surface area contributed by atoms with Gasteiger partial charge in [0.25, 0.3) is 0 Å². The van der Waals surface area contributed by atoms with Crippen LogP contribution in [0.2, 0.25) is 0 Å². The molecule has 0 bridgehead atoms. The highest BCUT2D eigenvalue weighted by Crippen LogP contribution is 2.19. The van der Waals surface area contributed by atoms with E-state index in [1.165, 1.54) is 0 Å². The van der Waals surface area contributed by atoms with Crippen LogP contribution in [-0.4, -0.2) is 11.0 Å². The van der Waals surface area contributed by atoms with Crippen molar-refractivity contribution >= 4 is 11.7 Å². The van der Waals surface area contributed by atoms with Gasteiger partial charge < -0.3 is 15.1 Å². The highest BCUT2D eigenvalue weighted by molar-refractivity contribution is 5.89. The molecule has 23 heavy (non-hydrogen) atoms. The third kappa shape index (κ3) is 3.77. The van der Waals surface area contributed by atoms with E-state index in [1.807, 2.05) is 49.4 Å². The molecular formula is C18H17N3O2. The van der Waals surface area contributed by atoms with Crippen LogP contribution < -0.4 is 10.6 Å². The van der Waals surface area contributed by atoms with Gasteiger partial charge in [0.2, 0.25) is 0 Å². The molecule has 3 rings (SSSR count). The van der Waals surface area contributed by atoms with Gasteiger partial charge in [-0.15, -0.1) is 0 Å². The molecule has 0 aliphatic heterocycles. The summed E-state index contributed by atoms with van der Waals surface area (Å²) in [6, 6.07) is 13.0. The highest BCUT2D eigenvalue weighted by atomic mass is 16.3. The Morgan fingerprint density at radius 2 is 2.04 bits per heavy atom. The average molecular weight is 307 g/mol. The molecule has 1 aromatic carbocycles. The van der Waals surface area contributed by atoms with Gasteiger partial charge in [-0.05, 0) is 42.3 Å². The molecule has 0 unspecified atom stereocenters. The summed E-state index contributed by atoms with van der Waals surface area (Å²) in [7, 11) is 0. The van der Waals surface area contributed by atoms with Crippen molar-refractivity contribution in [3.63, 3.8) is 0 Å². The van der Waals surface area contributed by atoms with E-state index in [9.17, 15) is 4.79 Å². The van der Waals surface area contributed by atoms with Gasteiger partial charge in [-0.1, -0.05) is 18.2 Å². The van der Waals surface area contributed by atoms with Gasteiger partial charge in [-0.3, -0.25) is 4.98 Å². The maximum absolute atomic E-state index is 12.0. The molecule has 0 spiro atoms. The Hall–Kier alpha value is -3.08. The quantitative estimate of drug-likeness (QED) is 0.766. The van der Waals surface area contributed by atoms with Crippen molar-refractivity contribution in [1.82, 2.24) is 10.3 Å². The van der Waals surface area contributed by atoms with E-state index in [-0.39, 0.29) is 6.03 Å². The summed E-state index contributed by atoms with van der Waals surface area (Å²) in [6.45, 7) is 2.34. The lowest BCUT2D eigenvalue weighted by atomic mass is 10.1. The van der Waals surface area contributed by atoms with Crippen LogP contribution in [-0.2, 0) is 6.54 Å². The first-order chi connectivity index (χ1) is 11.2. The summed E-state index contributed by atoms with van der Waals surface area (Å²) in [6.07, 6.45) is 5.08. The minimum Gasteiger partial charge on any atom is -0.464 e. The first-order valence-electron chi connectivity index (χ1n) is 7.30. The molecule has 0 aliphatic rings. The van der Waals surface area contributed by atoms with E-state index in [2.05, 4.69) is 15.6 Å². The van der Waals surface area contributed by atoms with Crippen molar-refractivity contribution in [2.75, 3.05) is 5.32 Å². The number of nitrogens with zero attached hydrogens (tertiary/aromatic N) is 1. The highest BCUT2D eigenvalue weighted by Gasteiger charge is 2.06. The number of para-hydroxylation sites is 1. The van der Waals surface area contributed by atoms with Crippen LogP contribution in [0.15, 0.2) is 65.5 Å². The second-order valence-corrected chi connectivity index (χ2v) is 5.18. The van der Waals surface area contributed by atoms with Gasteiger partial charge in [0.05, 0.1) is 6.26 Å². The fourth-order valence-corrected chi connectivity index (χ4v) is 2.22. The van der Waals surface area contributed by atoms with Crippen LogP contribution in [0.4, 0.5) is 10.5 Å². The van der Waals surface area contributed by atoms with Gasteiger partial charge in [0.1, 0.15) is 5.76 Å². The molecule has 0 saturated heterocycles. The number of nitrogens with one attached hydrogen (secondary N) is 2. The number of rotatable bonds is 4. The van der Waals surface area contributed by atoms with E-state index in [0.717, 1.165) is 28.1 Å². The largest absolute Gasteiger partial charge is 0.464 e. The predicted molar refractivity (Wildman–Crippen MR) is 89.0 cm³/mol. The second-order valence-electron chi connectivity index (χ2n) is 5.18. The van der Waals surface area contributed by atoms with Crippen molar-refractivity contribution in [2.24, 2.45) is 0 Å². The Bertz CT molecular complexity index is 798. The van der Waals surface area contributed by atoms with E-state index in [0.29, 0.717) is 6.54 Å². The van der Waals surface area contributed by atoms with Gasteiger partial charge in [0, 0.05) is 30.2 Å². The Morgan fingerprint density at radius 3 is 2.83 bits per heavy atom. The number of aromatic nitrogens is 1. The average Bonchev–Trinajstić information content (AvgIpc) is 3.10. The van der Waals surface area contributed by atoms with E-state index in [1.54, 1.807) is 18.7 Å². The summed E-state index contributed by atoms with van der Waals surface area (Å²) in [5.74, 6) is 0.753. The zero-order valence-corrected chi connectivity index (χ0v) is 12.7. The van der Waals surface area contributed by atoms with Crippen molar-refractivity contribution in [3.8, 4) is 11.3 Å². The number of hydrogen-bond donors (Lipinski definition) is 2. The molecule has 0 saturated carbocycles. The molecule has 2 aromatic heterocycles. The Labute approximate surface area is 134 Å². The van der Waals surface area contributed by atoms with E-state index in [4.69, 9.17) is 4.42 Å². The summed E-state index contributed by atoms with van der Waals surface area (Å²) in [5.41, 5.74) is 3.60. The zero-order valence-electron chi connectivity index (χ0n) is 12.7. The van der Waals surface area contributed by atoms with Gasteiger partial charge in [0.15, 0.2) is 0 Å². The fraction of sp³-hybridized carbons (Fsp3) is 0.111. The molecule has 2 N–H and O–H groups in total.